The SMILES string of the molecule is COC1CC2CC(OS(=O)(=O)c3ccc(C)cc3)C1C2. The van der Waals surface area contributed by atoms with Crippen LogP contribution in [0.15, 0.2) is 29.2 Å². The minimum atomic E-state index is -3.67. The van der Waals surface area contributed by atoms with E-state index >= 15 is 0 Å². The maximum Gasteiger partial charge on any atom is 0.297 e. The Bertz CT molecular complexity index is 578. The predicted molar refractivity (Wildman–Crippen MR) is 74.9 cm³/mol. The van der Waals surface area contributed by atoms with Crippen molar-refractivity contribution in [2.45, 2.75) is 43.3 Å². The summed E-state index contributed by atoms with van der Waals surface area (Å²) in [5, 5.41) is 0. The van der Waals surface area contributed by atoms with Crippen molar-refractivity contribution in [3.63, 3.8) is 0 Å². The van der Waals surface area contributed by atoms with Gasteiger partial charge in [0.05, 0.1) is 17.1 Å². The van der Waals surface area contributed by atoms with Crippen molar-refractivity contribution < 1.29 is 17.3 Å². The molecule has 110 valence electrons. The monoisotopic (exact) mass is 296 g/mol. The molecule has 2 aliphatic carbocycles. The summed E-state index contributed by atoms with van der Waals surface area (Å²) in [5.41, 5.74) is 1.03. The van der Waals surface area contributed by atoms with Crippen molar-refractivity contribution >= 4 is 10.1 Å². The van der Waals surface area contributed by atoms with Crippen LogP contribution < -0.4 is 0 Å². The normalized spacial score (nSPS) is 32.7. The number of methoxy groups -OCH3 is 1. The zero-order valence-electron chi connectivity index (χ0n) is 11.8. The van der Waals surface area contributed by atoms with E-state index < -0.39 is 10.1 Å². The smallest absolute Gasteiger partial charge is 0.297 e. The molecule has 0 amide bonds. The second-order valence-corrected chi connectivity index (χ2v) is 7.49. The Hall–Kier alpha value is -0.910. The van der Waals surface area contributed by atoms with E-state index in [1.807, 2.05) is 6.92 Å². The molecule has 4 atom stereocenters. The summed E-state index contributed by atoms with van der Waals surface area (Å²) in [7, 11) is -1.98. The van der Waals surface area contributed by atoms with E-state index in [1.54, 1.807) is 31.4 Å². The van der Waals surface area contributed by atoms with E-state index in [0.29, 0.717) is 5.92 Å². The van der Waals surface area contributed by atoms with Crippen molar-refractivity contribution in [3.05, 3.63) is 29.8 Å². The minimum absolute atomic E-state index is 0.145. The number of aryl methyl sites for hydroxylation is 1. The van der Waals surface area contributed by atoms with Crippen LogP contribution in [0.4, 0.5) is 0 Å². The Morgan fingerprint density at radius 2 is 1.70 bits per heavy atom. The van der Waals surface area contributed by atoms with Crippen LogP contribution in [-0.4, -0.2) is 27.7 Å². The van der Waals surface area contributed by atoms with E-state index in [4.69, 9.17) is 8.92 Å². The first kappa shape index (κ1) is 14.0. The maximum absolute atomic E-state index is 12.3. The zero-order valence-corrected chi connectivity index (χ0v) is 12.6. The zero-order chi connectivity index (χ0) is 14.3. The highest BCUT2D eigenvalue weighted by Gasteiger charge is 2.48. The minimum Gasteiger partial charge on any atom is -0.381 e. The summed E-state index contributed by atoms with van der Waals surface area (Å²) in [5.74, 6) is 0.758. The van der Waals surface area contributed by atoms with Crippen LogP contribution in [0.1, 0.15) is 24.8 Å². The summed E-state index contributed by atoms with van der Waals surface area (Å²) < 4.78 is 35.5. The molecule has 0 N–H and O–H groups in total. The molecule has 0 aromatic heterocycles. The Balaban J connectivity index is 1.76. The Labute approximate surface area is 120 Å². The molecule has 0 spiro atoms. The van der Waals surface area contributed by atoms with Crippen LogP contribution in [0.2, 0.25) is 0 Å². The van der Waals surface area contributed by atoms with Gasteiger partial charge in [0.1, 0.15) is 0 Å². The molecule has 4 nitrogen and oxygen atoms in total. The van der Waals surface area contributed by atoms with Gasteiger partial charge in [0.2, 0.25) is 0 Å². The first-order valence-corrected chi connectivity index (χ1v) is 8.43. The molecule has 3 rings (SSSR count). The second-order valence-electron chi connectivity index (χ2n) is 5.91. The molecule has 0 heterocycles. The van der Waals surface area contributed by atoms with E-state index in [2.05, 4.69) is 0 Å². The van der Waals surface area contributed by atoms with Gasteiger partial charge in [-0.25, -0.2) is 0 Å². The Morgan fingerprint density at radius 1 is 1.05 bits per heavy atom. The molecule has 20 heavy (non-hydrogen) atoms. The number of fused-ring (bicyclic) bond motifs is 2. The predicted octanol–water partition coefficient (Wildman–Crippen LogP) is 2.51. The summed E-state index contributed by atoms with van der Waals surface area (Å²) in [4.78, 5) is 0.236. The molecule has 4 unspecified atom stereocenters. The summed E-state index contributed by atoms with van der Waals surface area (Å²) in [6.45, 7) is 1.93. The molecular formula is C15H20O4S. The van der Waals surface area contributed by atoms with Gasteiger partial charge >= 0.3 is 0 Å². The standard InChI is InChI=1S/C15H20O4S/c1-10-3-5-12(6-4-10)20(16,17)19-15-9-11-7-13(15)14(8-11)18-2/h3-6,11,13-15H,7-9H2,1-2H3. The van der Waals surface area contributed by atoms with Crippen LogP contribution in [-0.2, 0) is 19.0 Å². The Morgan fingerprint density at radius 3 is 2.30 bits per heavy atom. The molecule has 5 heteroatoms. The van der Waals surface area contributed by atoms with Gasteiger partial charge in [-0.3, -0.25) is 4.18 Å². The van der Waals surface area contributed by atoms with E-state index in [-0.39, 0.29) is 23.0 Å². The lowest BCUT2D eigenvalue weighted by Gasteiger charge is -2.27. The van der Waals surface area contributed by atoms with Gasteiger partial charge in [0.15, 0.2) is 0 Å². The average molecular weight is 296 g/mol. The molecule has 0 saturated heterocycles. The molecule has 2 bridgehead atoms. The first-order valence-electron chi connectivity index (χ1n) is 7.02. The van der Waals surface area contributed by atoms with Crippen molar-refractivity contribution in [1.29, 1.82) is 0 Å². The fourth-order valence-electron chi connectivity index (χ4n) is 3.53. The molecule has 2 fully saturated rings. The fraction of sp³-hybridized carbons (Fsp3) is 0.600. The molecule has 2 aliphatic rings. The van der Waals surface area contributed by atoms with Gasteiger partial charge in [0.25, 0.3) is 10.1 Å². The van der Waals surface area contributed by atoms with Crippen molar-refractivity contribution in [1.82, 2.24) is 0 Å². The van der Waals surface area contributed by atoms with Crippen molar-refractivity contribution in [3.8, 4) is 0 Å². The van der Waals surface area contributed by atoms with Gasteiger partial charge in [-0.1, -0.05) is 17.7 Å². The van der Waals surface area contributed by atoms with Gasteiger partial charge in [-0.05, 0) is 44.2 Å². The average Bonchev–Trinajstić information content (AvgIpc) is 2.97. The summed E-state index contributed by atoms with van der Waals surface area (Å²) in [6.07, 6.45) is 2.80. The van der Waals surface area contributed by atoms with Gasteiger partial charge < -0.3 is 4.74 Å². The maximum atomic E-state index is 12.3. The molecule has 1 aromatic rings. The largest absolute Gasteiger partial charge is 0.381 e. The molecular weight excluding hydrogens is 276 g/mol. The first-order chi connectivity index (χ1) is 9.49. The molecule has 0 radical (unpaired) electrons. The van der Waals surface area contributed by atoms with Gasteiger partial charge in [-0.2, -0.15) is 8.42 Å². The second kappa shape index (κ2) is 5.13. The summed E-state index contributed by atoms with van der Waals surface area (Å²) >= 11 is 0. The number of ether oxygens (including phenoxy) is 1. The third kappa shape index (κ3) is 2.50. The highest BCUT2D eigenvalue weighted by Crippen LogP contribution is 2.48. The van der Waals surface area contributed by atoms with Crippen molar-refractivity contribution in [2.24, 2.45) is 11.8 Å². The van der Waals surface area contributed by atoms with Crippen LogP contribution in [0.25, 0.3) is 0 Å². The molecule has 1 aromatic carbocycles. The third-order valence-electron chi connectivity index (χ3n) is 4.55. The highest BCUT2D eigenvalue weighted by atomic mass is 32.2. The van der Waals surface area contributed by atoms with Gasteiger partial charge in [0, 0.05) is 13.0 Å². The molecule has 2 saturated carbocycles. The lowest BCUT2D eigenvalue weighted by atomic mass is 9.95. The lowest BCUT2D eigenvalue weighted by molar-refractivity contribution is 0.00513. The van der Waals surface area contributed by atoms with E-state index in [1.165, 1.54) is 0 Å². The quantitative estimate of drug-likeness (QED) is 0.801. The number of hydrogen-bond donors (Lipinski definition) is 0. The number of rotatable bonds is 4. The topological polar surface area (TPSA) is 52.6 Å². The van der Waals surface area contributed by atoms with Gasteiger partial charge in [-0.15, -0.1) is 0 Å². The van der Waals surface area contributed by atoms with E-state index in [9.17, 15) is 8.42 Å². The number of hydrogen-bond acceptors (Lipinski definition) is 4. The molecule has 0 aliphatic heterocycles. The van der Waals surface area contributed by atoms with Crippen LogP contribution >= 0.6 is 0 Å². The Kier molecular flexibility index (Phi) is 3.60. The highest BCUT2D eigenvalue weighted by molar-refractivity contribution is 7.86. The third-order valence-corrected chi connectivity index (χ3v) is 5.90. The van der Waals surface area contributed by atoms with Crippen LogP contribution in [0, 0.1) is 18.8 Å². The van der Waals surface area contributed by atoms with Crippen LogP contribution in [0.5, 0.6) is 0 Å². The number of benzene rings is 1. The lowest BCUT2D eigenvalue weighted by Crippen LogP contribution is -2.33. The van der Waals surface area contributed by atoms with Crippen LogP contribution in [0.3, 0.4) is 0 Å². The fourth-order valence-corrected chi connectivity index (χ4v) is 4.66. The summed E-state index contributed by atoms with van der Waals surface area (Å²) in [6, 6.07) is 6.78. The van der Waals surface area contributed by atoms with Crippen molar-refractivity contribution in [2.75, 3.05) is 7.11 Å². The van der Waals surface area contributed by atoms with E-state index in [0.717, 1.165) is 24.8 Å².